The molecule has 0 aliphatic carbocycles. The van der Waals surface area contributed by atoms with Crippen molar-refractivity contribution in [2.75, 3.05) is 5.32 Å². The quantitative estimate of drug-likeness (QED) is 0.294. The van der Waals surface area contributed by atoms with Crippen molar-refractivity contribution in [2.45, 2.75) is 13.8 Å². The number of nitrogens with zero attached hydrogens (tertiary/aromatic N) is 1. The van der Waals surface area contributed by atoms with Crippen molar-refractivity contribution in [3.63, 3.8) is 0 Å². The highest BCUT2D eigenvalue weighted by molar-refractivity contribution is 7.21. The fourth-order valence-corrected chi connectivity index (χ4v) is 4.36. The van der Waals surface area contributed by atoms with Crippen LogP contribution in [0.2, 0.25) is 5.02 Å². The molecule has 0 aliphatic heterocycles. The number of benzene rings is 2. The van der Waals surface area contributed by atoms with E-state index in [0.717, 1.165) is 15.6 Å². The lowest BCUT2D eigenvalue weighted by molar-refractivity contribution is 0.0957. The second-order valence-electron chi connectivity index (χ2n) is 6.82. The summed E-state index contributed by atoms with van der Waals surface area (Å²) >= 11 is 7.67. The van der Waals surface area contributed by atoms with Crippen LogP contribution in [-0.4, -0.2) is 17.5 Å². The van der Waals surface area contributed by atoms with Gasteiger partial charge in [-0.05, 0) is 49.7 Å². The molecular weight excluding hydrogens is 434 g/mol. The molecule has 0 bridgehead atoms. The van der Waals surface area contributed by atoms with Crippen LogP contribution in [0.25, 0.3) is 10.1 Å². The maximum absolute atomic E-state index is 12.5. The average Bonchev–Trinajstić information content (AvgIpc) is 3.36. The number of hydrogen-bond donors (Lipinski definition) is 2. The van der Waals surface area contributed by atoms with E-state index in [1.165, 1.54) is 11.3 Å². The van der Waals surface area contributed by atoms with Gasteiger partial charge in [-0.15, -0.1) is 11.3 Å². The predicted octanol–water partition coefficient (Wildman–Crippen LogP) is 5.86. The Labute approximate surface area is 187 Å². The lowest BCUT2D eigenvalue weighted by Gasteiger charge is -2.06. The molecule has 2 aromatic heterocycles. The Kier molecular flexibility index (Phi) is 5.88. The Hall–Kier alpha value is -3.42. The highest BCUT2D eigenvalue weighted by atomic mass is 35.5. The van der Waals surface area contributed by atoms with Crippen molar-refractivity contribution in [3.8, 4) is 0 Å². The molecule has 0 saturated carbocycles. The van der Waals surface area contributed by atoms with E-state index in [1.54, 1.807) is 50.2 Å². The van der Waals surface area contributed by atoms with Crippen LogP contribution in [0.15, 0.2) is 70.2 Å². The second-order valence-corrected chi connectivity index (χ2v) is 8.25. The number of anilines is 1. The normalized spacial score (nSPS) is 11.5. The highest BCUT2D eigenvalue weighted by Crippen LogP contribution is 2.34. The minimum absolute atomic E-state index is 0.252. The van der Waals surface area contributed by atoms with Crippen LogP contribution in [0.3, 0.4) is 0 Å². The Morgan fingerprint density at radius 2 is 1.74 bits per heavy atom. The lowest BCUT2D eigenvalue weighted by atomic mass is 10.1. The molecule has 2 N–H and O–H groups in total. The zero-order valence-corrected chi connectivity index (χ0v) is 18.3. The van der Waals surface area contributed by atoms with Crippen molar-refractivity contribution in [1.29, 1.82) is 0 Å². The van der Waals surface area contributed by atoms with Crippen molar-refractivity contribution in [3.05, 3.63) is 87.6 Å². The van der Waals surface area contributed by atoms with E-state index in [9.17, 15) is 9.59 Å². The Bertz CT molecular complexity index is 1310. The van der Waals surface area contributed by atoms with Crippen molar-refractivity contribution < 1.29 is 14.0 Å². The van der Waals surface area contributed by atoms with Gasteiger partial charge in [0.25, 0.3) is 11.8 Å². The lowest BCUT2D eigenvalue weighted by Crippen LogP contribution is -2.18. The number of carbonyl (C=O) groups excluding carboxylic acids is 2. The second kappa shape index (κ2) is 8.75. The van der Waals surface area contributed by atoms with Crippen molar-refractivity contribution in [1.82, 2.24) is 5.43 Å². The van der Waals surface area contributed by atoms with Crippen LogP contribution in [0.5, 0.6) is 0 Å². The monoisotopic (exact) mass is 451 g/mol. The molecule has 8 heteroatoms. The summed E-state index contributed by atoms with van der Waals surface area (Å²) in [6, 6.07) is 18.1. The van der Waals surface area contributed by atoms with Gasteiger partial charge in [-0.2, -0.15) is 5.10 Å². The molecule has 0 fully saturated rings. The number of furan rings is 1. The standard InChI is InChI=1S/C23H18ClN3O3S/c1-13-7-12-18(30-13)22(28)25-16-10-8-15(9-11-16)14(2)26-27-23(29)21-20(24)17-5-3-4-6-19(17)31-21/h3-12H,1-2H3,(H,25,28)(H,27,29)/b26-14-. The number of nitrogens with one attached hydrogen (secondary N) is 2. The number of rotatable bonds is 5. The molecule has 31 heavy (non-hydrogen) atoms. The predicted molar refractivity (Wildman–Crippen MR) is 124 cm³/mol. The van der Waals surface area contributed by atoms with Crippen LogP contribution < -0.4 is 10.7 Å². The van der Waals surface area contributed by atoms with Gasteiger partial charge in [-0.1, -0.05) is 41.9 Å². The molecule has 0 atom stereocenters. The van der Waals surface area contributed by atoms with Crippen molar-refractivity contribution >= 4 is 56.2 Å². The Balaban J connectivity index is 1.42. The van der Waals surface area contributed by atoms with Crippen molar-refractivity contribution in [2.24, 2.45) is 5.10 Å². The third kappa shape index (κ3) is 4.52. The van der Waals surface area contributed by atoms with E-state index in [-0.39, 0.29) is 17.6 Å². The largest absolute Gasteiger partial charge is 0.456 e. The van der Waals surface area contributed by atoms with Gasteiger partial charge in [-0.25, -0.2) is 5.43 Å². The topological polar surface area (TPSA) is 83.7 Å². The van der Waals surface area contributed by atoms with Gasteiger partial charge in [0.05, 0.1) is 10.7 Å². The number of aryl methyl sites for hydroxylation is 1. The average molecular weight is 452 g/mol. The van der Waals surface area contributed by atoms with Gasteiger partial charge in [-0.3, -0.25) is 9.59 Å². The summed E-state index contributed by atoms with van der Waals surface area (Å²) in [5, 5.41) is 8.24. The van der Waals surface area contributed by atoms with Crippen LogP contribution in [0, 0.1) is 6.92 Å². The number of halogens is 1. The van der Waals surface area contributed by atoms with Gasteiger partial charge >= 0.3 is 0 Å². The van der Waals surface area contributed by atoms with Gasteiger partial charge in [0.2, 0.25) is 0 Å². The molecule has 0 unspecified atom stereocenters. The summed E-state index contributed by atoms with van der Waals surface area (Å²) < 4.78 is 6.26. The first-order valence-electron chi connectivity index (χ1n) is 9.42. The molecule has 0 aliphatic rings. The van der Waals surface area contributed by atoms with E-state index in [2.05, 4.69) is 15.8 Å². The fourth-order valence-electron chi connectivity index (χ4n) is 2.95. The van der Waals surface area contributed by atoms with E-state index in [1.807, 2.05) is 24.3 Å². The molecule has 2 heterocycles. The molecular formula is C23H18ClN3O3S. The van der Waals surface area contributed by atoms with Crippen LogP contribution >= 0.6 is 22.9 Å². The number of fused-ring (bicyclic) bond motifs is 1. The van der Waals surface area contributed by atoms with E-state index in [4.69, 9.17) is 16.0 Å². The first kappa shape index (κ1) is 20.8. The molecule has 4 rings (SSSR count). The fraction of sp³-hybridized carbons (Fsp3) is 0.0870. The summed E-state index contributed by atoms with van der Waals surface area (Å²) in [6.45, 7) is 3.56. The Morgan fingerprint density at radius 1 is 1.00 bits per heavy atom. The van der Waals surface area contributed by atoms with Gasteiger partial charge in [0.15, 0.2) is 5.76 Å². The van der Waals surface area contributed by atoms with Crippen LogP contribution in [0.1, 0.15) is 38.5 Å². The molecule has 4 aromatic rings. The van der Waals surface area contributed by atoms with Gasteiger partial charge in [0.1, 0.15) is 10.6 Å². The van der Waals surface area contributed by atoms with Crippen LogP contribution in [-0.2, 0) is 0 Å². The zero-order chi connectivity index (χ0) is 22.0. The van der Waals surface area contributed by atoms with Crippen LogP contribution in [0.4, 0.5) is 5.69 Å². The molecule has 2 aromatic carbocycles. The first-order chi connectivity index (χ1) is 14.9. The number of amides is 2. The maximum atomic E-state index is 12.5. The summed E-state index contributed by atoms with van der Waals surface area (Å²) in [7, 11) is 0. The number of hydrogen-bond acceptors (Lipinski definition) is 5. The summed E-state index contributed by atoms with van der Waals surface area (Å²) in [5.74, 6) is 0.245. The van der Waals surface area contributed by atoms with E-state index < -0.39 is 0 Å². The third-order valence-corrected chi connectivity index (χ3v) is 6.27. The summed E-state index contributed by atoms with van der Waals surface area (Å²) in [4.78, 5) is 25.1. The molecule has 156 valence electrons. The molecule has 2 amide bonds. The van der Waals surface area contributed by atoms with Gasteiger partial charge < -0.3 is 9.73 Å². The zero-order valence-electron chi connectivity index (χ0n) is 16.7. The highest BCUT2D eigenvalue weighted by Gasteiger charge is 2.16. The minimum atomic E-state index is -0.358. The van der Waals surface area contributed by atoms with E-state index in [0.29, 0.717) is 27.1 Å². The SMILES string of the molecule is C/C(=N/NC(=O)c1sc2ccccc2c1Cl)c1ccc(NC(=O)c2ccc(C)o2)cc1. The van der Waals surface area contributed by atoms with Gasteiger partial charge in [0, 0.05) is 15.8 Å². The summed E-state index contributed by atoms with van der Waals surface area (Å²) in [5.41, 5.74) is 4.60. The number of thiophene rings is 1. The first-order valence-corrected chi connectivity index (χ1v) is 10.6. The Morgan fingerprint density at radius 3 is 2.42 bits per heavy atom. The smallest absolute Gasteiger partial charge is 0.291 e. The van der Waals surface area contributed by atoms with E-state index >= 15 is 0 Å². The molecule has 0 radical (unpaired) electrons. The molecule has 0 spiro atoms. The molecule has 0 saturated heterocycles. The number of carbonyl (C=O) groups is 2. The third-order valence-electron chi connectivity index (χ3n) is 4.59. The molecule has 6 nitrogen and oxygen atoms in total. The minimum Gasteiger partial charge on any atom is -0.456 e. The number of hydrazone groups is 1. The maximum Gasteiger partial charge on any atom is 0.291 e. The summed E-state index contributed by atoms with van der Waals surface area (Å²) in [6.07, 6.45) is 0.